The van der Waals surface area contributed by atoms with Crippen molar-refractivity contribution in [2.75, 3.05) is 6.61 Å². The predicted octanol–water partition coefficient (Wildman–Crippen LogP) is 3.83. The van der Waals surface area contributed by atoms with Gasteiger partial charge in [-0.1, -0.05) is 66.7 Å². The number of hydrogen-bond donors (Lipinski definition) is 3. The summed E-state index contributed by atoms with van der Waals surface area (Å²) in [6, 6.07) is 22.2. The van der Waals surface area contributed by atoms with Crippen molar-refractivity contribution < 1.29 is 19.5 Å². The molecule has 0 fully saturated rings. The van der Waals surface area contributed by atoms with Gasteiger partial charge in [-0.2, -0.15) is 0 Å². The number of fused-ring (bicyclic) bond motifs is 1. The first-order chi connectivity index (χ1) is 14.5. The number of rotatable bonds is 7. The van der Waals surface area contributed by atoms with Crippen LogP contribution in [0.5, 0.6) is 0 Å². The zero-order chi connectivity index (χ0) is 21.4. The van der Waals surface area contributed by atoms with Crippen molar-refractivity contribution in [3.8, 4) is 0 Å². The molecule has 0 saturated heterocycles. The number of hydrazone groups is 1. The van der Waals surface area contributed by atoms with Crippen molar-refractivity contribution >= 4 is 22.7 Å². The normalized spacial score (nSPS) is 13.5. The minimum atomic E-state index is -1.54. The lowest BCUT2D eigenvalue weighted by Crippen LogP contribution is -2.39. The van der Waals surface area contributed by atoms with Crippen LogP contribution in [0.15, 0.2) is 77.9 Å². The molecule has 3 aromatic rings. The molecule has 0 radical (unpaired) electrons. The van der Waals surface area contributed by atoms with Gasteiger partial charge in [0, 0.05) is 0 Å². The average Bonchev–Trinajstić information content (AvgIpc) is 2.77. The van der Waals surface area contributed by atoms with Gasteiger partial charge in [-0.25, -0.2) is 15.7 Å². The molecule has 0 spiro atoms. The fourth-order valence-corrected chi connectivity index (χ4v) is 2.92. The smallest absolute Gasteiger partial charge is 0.359 e. The Bertz CT molecular complexity index is 1020. The monoisotopic (exact) mass is 407 g/mol. The summed E-state index contributed by atoms with van der Waals surface area (Å²) in [5, 5.41) is 17.1. The summed E-state index contributed by atoms with van der Waals surface area (Å²) < 4.78 is 5.51. The molecule has 0 aliphatic carbocycles. The maximum atomic E-state index is 12.0. The molecule has 7 heteroatoms. The van der Waals surface area contributed by atoms with E-state index in [1.165, 1.54) is 0 Å². The van der Waals surface area contributed by atoms with E-state index in [0.29, 0.717) is 5.56 Å². The van der Waals surface area contributed by atoms with Gasteiger partial charge in [0.15, 0.2) is 5.60 Å². The Kier molecular flexibility index (Phi) is 7.00. The van der Waals surface area contributed by atoms with Crippen LogP contribution in [0.25, 0.3) is 10.8 Å². The van der Waals surface area contributed by atoms with Gasteiger partial charge in [-0.05, 0) is 41.8 Å². The third-order valence-electron chi connectivity index (χ3n) is 4.51. The number of amides is 2. The molecule has 0 bridgehead atoms. The molecule has 2 amide bonds. The van der Waals surface area contributed by atoms with E-state index in [9.17, 15) is 9.90 Å². The first kappa shape index (κ1) is 21.3. The second kappa shape index (κ2) is 9.87. The second-order valence-corrected chi connectivity index (χ2v) is 6.80. The standard InChI is InChI=1S/C23H25N3O4/c1-3-29-21(24-25-22(27)26-30-16-17-9-5-4-6-10-17)23(2,28)20-14-13-18-11-7-8-12-19(18)15-20/h4-15,28H,3,16H2,1-2H3,(H2,25,26,27)/b24-21-. The minimum Gasteiger partial charge on any atom is -0.478 e. The quantitative estimate of drug-likeness (QED) is 0.315. The maximum Gasteiger partial charge on any atom is 0.359 e. The van der Waals surface area contributed by atoms with Crippen LogP contribution in [0, 0.1) is 0 Å². The number of benzene rings is 3. The molecule has 3 rings (SSSR count). The highest BCUT2D eigenvalue weighted by atomic mass is 16.7. The average molecular weight is 407 g/mol. The largest absolute Gasteiger partial charge is 0.478 e. The van der Waals surface area contributed by atoms with E-state index in [1.807, 2.05) is 66.7 Å². The molecule has 1 unspecified atom stereocenters. The summed E-state index contributed by atoms with van der Waals surface area (Å²) in [6.45, 7) is 3.83. The number of aliphatic hydroxyl groups is 1. The van der Waals surface area contributed by atoms with Crippen LogP contribution < -0.4 is 10.9 Å². The van der Waals surface area contributed by atoms with Crippen LogP contribution in [-0.2, 0) is 21.8 Å². The van der Waals surface area contributed by atoms with Crippen molar-refractivity contribution in [2.24, 2.45) is 5.10 Å². The van der Waals surface area contributed by atoms with E-state index in [0.717, 1.165) is 16.3 Å². The van der Waals surface area contributed by atoms with E-state index < -0.39 is 11.6 Å². The number of nitrogens with zero attached hydrogens (tertiary/aromatic N) is 1. The molecule has 0 aromatic heterocycles. The number of carbonyl (C=O) groups is 1. The lowest BCUT2D eigenvalue weighted by molar-refractivity contribution is 0.0487. The van der Waals surface area contributed by atoms with Crippen LogP contribution in [-0.4, -0.2) is 23.6 Å². The topological polar surface area (TPSA) is 92.2 Å². The van der Waals surface area contributed by atoms with Gasteiger partial charge in [-0.3, -0.25) is 4.84 Å². The summed E-state index contributed by atoms with van der Waals surface area (Å²) in [7, 11) is 0. The van der Waals surface area contributed by atoms with Crippen molar-refractivity contribution in [3.63, 3.8) is 0 Å². The van der Waals surface area contributed by atoms with Crippen LogP contribution in [0.4, 0.5) is 4.79 Å². The van der Waals surface area contributed by atoms with E-state index in [2.05, 4.69) is 16.0 Å². The van der Waals surface area contributed by atoms with Gasteiger partial charge in [0.05, 0.1) is 13.2 Å². The molecule has 0 aliphatic rings. The molecular weight excluding hydrogens is 382 g/mol. The van der Waals surface area contributed by atoms with Crippen molar-refractivity contribution in [1.29, 1.82) is 0 Å². The Balaban J connectivity index is 1.67. The maximum absolute atomic E-state index is 12.0. The van der Waals surface area contributed by atoms with Gasteiger partial charge < -0.3 is 9.84 Å². The van der Waals surface area contributed by atoms with E-state index in [1.54, 1.807) is 19.9 Å². The van der Waals surface area contributed by atoms with Crippen LogP contribution in [0.1, 0.15) is 25.0 Å². The van der Waals surface area contributed by atoms with Crippen molar-refractivity contribution in [3.05, 3.63) is 83.9 Å². The second-order valence-electron chi connectivity index (χ2n) is 6.80. The van der Waals surface area contributed by atoms with Gasteiger partial charge in [0.1, 0.15) is 0 Å². The SMILES string of the molecule is CCO/C(=N\NC(=O)NOCc1ccccc1)C(C)(O)c1ccc2ccccc2c1. The van der Waals surface area contributed by atoms with Crippen LogP contribution in [0.3, 0.4) is 0 Å². The predicted molar refractivity (Wildman–Crippen MR) is 115 cm³/mol. The number of hydroxylamine groups is 1. The van der Waals surface area contributed by atoms with Crippen molar-refractivity contribution in [1.82, 2.24) is 10.9 Å². The number of ether oxygens (including phenoxy) is 1. The van der Waals surface area contributed by atoms with E-state index >= 15 is 0 Å². The van der Waals surface area contributed by atoms with Crippen LogP contribution >= 0.6 is 0 Å². The number of carbonyl (C=O) groups excluding carboxylic acids is 1. The Morgan fingerprint density at radius 3 is 2.47 bits per heavy atom. The molecule has 7 nitrogen and oxygen atoms in total. The molecule has 30 heavy (non-hydrogen) atoms. The number of urea groups is 1. The third-order valence-corrected chi connectivity index (χ3v) is 4.51. The highest BCUT2D eigenvalue weighted by molar-refractivity contribution is 5.90. The lowest BCUT2D eigenvalue weighted by Gasteiger charge is -2.25. The third kappa shape index (κ3) is 5.34. The first-order valence-corrected chi connectivity index (χ1v) is 9.65. The fourth-order valence-electron chi connectivity index (χ4n) is 2.92. The fraction of sp³-hybridized carbons (Fsp3) is 0.217. The highest BCUT2D eigenvalue weighted by Crippen LogP contribution is 2.26. The highest BCUT2D eigenvalue weighted by Gasteiger charge is 2.32. The number of nitrogens with one attached hydrogen (secondary N) is 2. The molecule has 3 N–H and O–H groups in total. The summed E-state index contributed by atoms with van der Waals surface area (Å²) >= 11 is 0. The van der Waals surface area contributed by atoms with Crippen LogP contribution in [0.2, 0.25) is 0 Å². The van der Waals surface area contributed by atoms with E-state index in [4.69, 9.17) is 9.57 Å². The Morgan fingerprint density at radius 1 is 1.03 bits per heavy atom. The molecule has 156 valence electrons. The van der Waals surface area contributed by atoms with Gasteiger partial charge in [-0.15, -0.1) is 5.10 Å². The molecule has 3 aromatic carbocycles. The van der Waals surface area contributed by atoms with E-state index in [-0.39, 0.29) is 19.1 Å². The van der Waals surface area contributed by atoms with Gasteiger partial charge in [0.2, 0.25) is 5.90 Å². The summed E-state index contributed by atoms with van der Waals surface area (Å²) in [5.74, 6) is -0.0292. The summed E-state index contributed by atoms with van der Waals surface area (Å²) in [6.07, 6.45) is 0. The molecular formula is C23H25N3O4. The van der Waals surface area contributed by atoms with Crippen molar-refractivity contribution in [2.45, 2.75) is 26.1 Å². The lowest BCUT2D eigenvalue weighted by atomic mass is 9.93. The Hall–Kier alpha value is -3.42. The zero-order valence-electron chi connectivity index (χ0n) is 17.0. The molecule has 0 heterocycles. The zero-order valence-corrected chi connectivity index (χ0v) is 17.0. The number of hydrogen-bond acceptors (Lipinski definition) is 5. The Morgan fingerprint density at radius 2 is 1.73 bits per heavy atom. The Labute approximate surface area is 175 Å². The summed E-state index contributed by atoms with van der Waals surface area (Å²) in [4.78, 5) is 17.1. The molecule has 0 aliphatic heterocycles. The minimum absolute atomic E-state index is 0.0292. The van der Waals surface area contributed by atoms with Gasteiger partial charge in [0.25, 0.3) is 0 Å². The first-order valence-electron chi connectivity index (χ1n) is 9.65. The molecule has 1 atom stereocenters. The van der Waals surface area contributed by atoms with Gasteiger partial charge >= 0.3 is 6.03 Å². The summed E-state index contributed by atoms with van der Waals surface area (Å²) in [5.41, 5.74) is 4.51. The molecule has 0 saturated carbocycles.